The maximum absolute atomic E-state index is 11.1. The number of hydrogen-bond donors (Lipinski definition) is 2. The Labute approximate surface area is 140 Å². The Morgan fingerprint density at radius 3 is 2.68 bits per heavy atom. The summed E-state index contributed by atoms with van der Waals surface area (Å²) in [7, 11) is -1.14. The lowest BCUT2D eigenvalue weighted by molar-refractivity contribution is -0.129. The molecule has 2 N–H and O–H groups in total. The van der Waals surface area contributed by atoms with Crippen LogP contribution in [0.4, 0.5) is 0 Å². The molecule has 124 valence electrons. The van der Waals surface area contributed by atoms with Gasteiger partial charge in [-0.25, -0.2) is 9.78 Å². The number of ether oxygens (including phenoxy) is 1. The SMILES string of the molecule is CCC(C(=N)C(=O)O)c1ncc(Br)n1COCC[Si](C)(C)C. The third kappa shape index (κ3) is 5.33. The van der Waals surface area contributed by atoms with Crippen LogP contribution in [0.3, 0.4) is 0 Å². The number of nitrogens with zero attached hydrogens (tertiary/aromatic N) is 2. The lowest BCUT2D eigenvalue weighted by Crippen LogP contribution is -2.25. The minimum atomic E-state index is -1.21. The van der Waals surface area contributed by atoms with Gasteiger partial charge in [0.15, 0.2) is 0 Å². The van der Waals surface area contributed by atoms with Gasteiger partial charge in [0.25, 0.3) is 0 Å². The second kappa shape index (κ2) is 8.03. The number of nitrogens with one attached hydrogen (secondary N) is 1. The first kappa shape index (κ1) is 19.1. The average molecular weight is 390 g/mol. The van der Waals surface area contributed by atoms with Gasteiger partial charge in [-0.1, -0.05) is 26.6 Å². The Balaban J connectivity index is 2.82. The van der Waals surface area contributed by atoms with Crippen LogP contribution in [0, 0.1) is 5.41 Å². The molecule has 1 rings (SSSR count). The van der Waals surface area contributed by atoms with Crippen LogP contribution in [0.2, 0.25) is 25.7 Å². The van der Waals surface area contributed by atoms with E-state index in [9.17, 15) is 4.79 Å². The van der Waals surface area contributed by atoms with Crippen LogP contribution in [-0.4, -0.2) is 41.0 Å². The van der Waals surface area contributed by atoms with E-state index in [1.54, 1.807) is 10.8 Å². The molecule has 0 amide bonds. The van der Waals surface area contributed by atoms with E-state index in [0.717, 1.165) is 10.6 Å². The van der Waals surface area contributed by atoms with Gasteiger partial charge in [-0.15, -0.1) is 0 Å². The van der Waals surface area contributed by atoms with Crippen molar-refractivity contribution in [2.75, 3.05) is 6.61 Å². The molecule has 6 nitrogen and oxygen atoms in total. The van der Waals surface area contributed by atoms with Crippen molar-refractivity contribution in [3.8, 4) is 0 Å². The van der Waals surface area contributed by atoms with Gasteiger partial charge in [0.2, 0.25) is 0 Å². The van der Waals surface area contributed by atoms with Crippen LogP contribution in [0.25, 0.3) is 0 Å². The Morgan fingerprint density at radius 2 is 2.18 bits per heavy atom. The molecule has 0 aliphatic heterocycles. The van der Waals surface area contributed by atoms with Gasteiger partial charge in [0, 0.05) is 14.7 Å². The van der Waals surface area contributed by atoms with Gasteiger partial charge in [-0.3, -0.25) is 9.98 Å². The van der Waals surface area contributed by atoms with E-state index in [0.29, 0.717) is 25.6 Å². The number of aromatic nitrogens is 2. The molecule has 0 spiro atoms. The van der Waals surface area contributed by atoms with E-state index in [4.69, 9.17) is 15.3 Å². The zero-order valence-corrected chi connectivity index (χ0v) is 16.1. The fourth-order valence-corrected chi connectivity index (χ4v) is 3.12. The molecule has 1 heterocycles. The summed E-state index contributed by atoms with van der Waals surface area (Å²) in [5, 5.41) is 16.8. The quantitative estimate of drug-likeness (QED) is 0.383. The zero-order chi connectivity index (χ0) is 16.9. The lowest BCUT2D eigenvalue weighted by Gasteiger charge is -2.18. The van der Waals surface area contributed by atoms with Crippen molar-refractivity contribution in [2.24, 2.45) is 0 Å². The van der Waals surface area contributed by atoms with Gasteiger partial charge in [0.1, 0.15) is 22.9 Å². The number of carboxylic acid groups (broad SMARTS) is 1. The van der Waals surface area contributed by atoms with Crippen LogP contribution in [0.5, 0.6) is 0 Å². The van der Waals surface area contributed by atoms with Gasteiger partial charge >= 0.3 is 5.97 Å². The fraction of sp³-hybridized carbons (Fsp3) is 0.643. The minimum Gasteiger partial charge on any atom is -0.477 e. The maximum atomic E-state index is 11.1. The first-order valence-corrected chi connectivity index (χ1v) is 11.8. The second-order valence-electron chi connectivity index (χ2n) is 6.39. The van der Waals surface area contributed by atoms with Gasteiger partial charge < -0.3 is 9.84 Å². The number of halogens is 1. The van der Waals surface area contributed by atoms with Crippen LogP contribution >= 0.6 is 15.9 Å². The zero-order valence-electron chi connectivity index (χ0n) is 13.5. The van der Waals surface area contributed by atoms with E-state index < -0.39 is 20.0 Å². The van der Waals surface area contributed by atoms with E-state index in [1.807, 2.05) is 6.92 Å². The molecule has 1 unspecified atom stereocenters. The Morgan fingerprint density at radius 1 is 1.55 bits per heavy atom. The summed E-state index contributed by atoms with van der Waals surface area (Å²) in [5.74, 6) is -1.20. The topological polar surface area (TPSA) is 88.2 Å². The highest BCUT2D eigenvalue weighted by atomic mass is 79.9. The lowest BCUT2D eigenvalue weighted by atomic mass is 9.99. The maximum Gasteiger partial charge on any atom is 0.350 e. The van der Waals surface area contributed by atoms with E-state index in [2.05, 4.69) is 40.6 Å². The number of carboxylic acids is 1. The molecule has 8 heteroatoms. The molecule has 1 atom stereocenters. The Hall–Kier alpha value is -0.993. The van der Waals surface area contributed by atoms with Crippen molar-refractivity contribution < 1.29 is 14.6 Å². The predicted molar refractivity (Wildman–Crippen MR) is 92.4 cm³/mol. The third-order valence-corrected chi connectivity index (χ3v) is 5.69. The number of aliphatic carboxylic acids is 1. The summed E-state index contributed by atoms with van der Waals surface area (Å²) >= 11 is 3.40. The molecule has 22 heavy (non-hydrogen) atoms. The minimum absolute atomic E-state index is 0.309. The smallest absolute Gasteiger partial charge is 0.350 e. The number of rotatable bonds is 9. The summed E-state index contributed by atoms with van der Waals surface area (Å²) in [5.41, 5.74) is -0.344. The van der Waals surface area contributed by atoms with Crippen molar-refractivity contribution >= 4 is 35.7 Å². The highest BCUT2D eigenvalue weighted by Gasteiger charge is 2.26. The average Bonchev–Trinajstić information content (AvgIpc) is 2.76. The van der Waals surface area contributed by atoms with Crippen molar-refractivity contribution in [2.45, 2.75) is 51.7 Å². The third-order valence-electron chi connectivity index (χ3n) is 3.35. The number of imidazole rings is 1. The Bertz CT molecular complexity index is 540. The molecule has 0 fully saturated rings. The summed E-state index contributed by atoms with van der Waals surface area (Å²) in [4.78, 5) is 15.3. The summed E-state index contributed by atoms with van der Waals surface area (Å²) in [6.07, 6.45) is 2.12. The van der Waals surface area contributed by atoms with Crippen molar-refractivity contribution in [1.82, 2.24) is 9.55 Å². The molecule has 0 saturated heterocycles. The molecule has 0 aliphatic carbocycles. The second-order valence-corrected chi connectivity index (χ2v) is 12.8. The fourth-order valence-electron chi connectivity index (χ4n) is 1.97. The summed E-state index contributed by atoms with van der Waals surface area (Å²) in [6, 6.07) is 1.07. The molecule has 1 aromatic rings. The molecule has 0 radical (unpaired) electrons. The Kier molecular flexibility index (Phi) is 6.95. The van der Waals surface area contributed by atoms with E-state index >= 15 is 0 Å². The molecule has 0 bridgehead atoms. The largest absolute Gasteiger partial charge is 0.477 e. The van der Waals surface area contributed by atoms with Gasteiger partial charge in [-0.2, -0.15) is 0 Å². The molecular formula is C14H24BrN3O3Si. The van der Waals surface area contributed by atoms with Gasteiger partial charge in [-0.05, 0) is 28.4 Å². The molecule has 1 aromatic heterocycles. The van der Waals surface area contributed by atoms with Crippen LogP contribution < -0.4 is 0 Å². The van der Waals surface area contributed by atoms with Crippen molar-refractivity contribution in [3.05, 3.63) is 16.6 Å². The summed E-state index contributed by atoms with van der Waals surface area (Å²) < 4.78 is 8.24. The van der Waals surface area contributed by atoms with Crippen molar-refractivity contribution in [3.63, 3.8) is 0 Å². The summed E-state index contributed by atoms with van der Waals surface area (Å²) in [6.45, 7) is 9.69. The van der Waals surface area contributed by atoms with Gasteiger partial charge in [0.05, 0.1) is 12.1 Å². The highest BCUT2D eigenvalue weighted by Crippen LogP contribution is 2.24. The molecular weight excluding hydrogens is 366 g/mol. The first-order valence-electron chi connectivity index (χ1n) is 7.27. The monoisotopic (exact) mass is 389 g/mol. The predicted octanol–water partition coefficient (Wildman–Crippen LogP) is 3.56. The first-order chi connectivity index (χ1) is 10.2. The van der Waals surface area contributed by atoms with Crippen LogP contribution in [-0.2, 0) is 16.3 Å². The standard InChI is InChI=1S/C14H24BrN3O3Si/c1-5-10(12(16)14(19)20)13-17-8-11(15)18(13)9-21-6-7-22(2,3)4/h8,10,16H,5-7,9H2,1-4H3,(H,19,20). The van der Waals surface area contributed by atoms with E-state index in [-0.39, 0.29) is 5.71 Å². The molecule has 0 aliphatic rings. The number of hydrogen-bond acceptors (Lipinski definition) is 4. The van der Waals surface area contributed by atoms with Crippen LogP contribution in [0.1, 0.15) is 25.1 Å². The highest BCUT2D eigenvalue weighted by molar-refractivity contribution is 9.10. The van der Waals surface area contributed by atoms with Crippen molar-refractivity contribution in [1.29, 1.82) is 5.41 Å². The normalized spacial score (nSPS) is 13.1. The van der Waals surface area contributed by atoms with Crippen LogP contribution in [0.15, 0.2) is 10.8 Å². The van der Waals surface area contributed by atoms with E-state index in [1.165, 1.54) is 0 Å². The molecule has 0 saturated carbocycles. The number of carbonyl (C=O) groups is 1. The molecule has 0 aromatic carbocycles.